The number of benzene rings is 2. The average Bonchev–Trinajstić information content (AvgIpc) is 2.40. The van der Waals surface area contributed by atoms with E-state index in [-0.39, 0.29) is 11.4 Å². The molecule has 0 spiro atoms. The number of amides is 1. The molecule has 0 aliphatic heterocycles. The standard InChI is InChI=1S/C18H22N2O2/c1-12-10-14(19)8-9-16(12)22-15-7-5-6-13(11-15)17(21)20-18(2,3)4/h5-11H,19H2,1-4H3,(H,20,21). The first-order valence-corrected chi connectivity index (χ1v) is 7.21. The van der Waals surface area contributed by atoms with Gasteiger partial charge in [0.15, 0.2) is 0 Å². The normalized spacial score (nSPS) is 11.1. The van der Waals surface area contributed by atoms with Gasteiger partial charge in [-0.15, -0.1) is 0 Å². The maximum Gasteiger partial charge on any atom is 0.251 e. The lowest BCUT2D eigenvalue weighted by molar-refractivity contribution is 0.0919. The highest BCUT2D eigenvalue weighted by Crippen LogP contribution is 2.27. The van der Waals surface area contributed by atoms with E-state index < -0.39 is 0 Å². The number of nitrogens with two attached hydrogens (primary N) is 1. The van der Waals surface area contributed by atoms with E-state index in [0.717, 1.165) is 11.3 Å². The van der Waals surface area contributed by atoms with Crippen LogP contribution in [0.15, 0.2) is 42.5 Å². The molecular weight excluding hydrogens is 276 g/mol. The van der Waals surface area contributed by atoms with Crippen molar-refractivity contribution in [3.8, 4) is 11.5 Å². The molecule has 1 amide bonds. The van der Waals surface area contributed by atoms with Gasteiger partial charge in [0.2, 0.25) is 0 Å². The molecule has 4 heteroatoms. The predicted octanol–water partition coefficient (Wildman–Crippen LogP) is 3.90. The van der Waals surface area contributed by atoms with Crippen LogP contribution in [0.25, 0.3) is 0 Å². The summed E-state index contributed by atoms with van der Waals surface area (Å²) in [6.07, 6.45) is 0. The minimum Gasteiger partial charge on any atom is -0.457 e. The first kappa shape index (κ1) is 15.9. The summed E-state index contributed by atoms with van der Waals surface area (Å²) in [7, 11) is 0. The van der Waals surface area contributed by atoms with Crippen molar-refractivity contribution in [2.45, 2.75) is 33.2 Å². The Kier molecular flexibility index (Phi) is 4.40. The lowest BCUT2D eigenvalue weighted by Crippen LogP contribution is -2.40. The van der Waals surface area contributed by atoms with Crippen molar-refractivity contribution in [1.29, 1.82) is 0 Å². The Morgan fingerprint density at radius 1 is 1.14 bits per heavy atom. The van der Waals surface area contributed by atoms with E-state index in [9.17, 15) is 4.79 Å². The summed E-state index contributed by atoms with van der Waals surface area (Å²) in [5.74, 6) is 1.23. The van der Waals surface area contributed by atoms with Gasteiger partial charge in [-0.3, -0.25) is 4.79 Å². The van der Waals surface area contributed by atoms with Crippen LogP contribution in [-0.2, 0) is 0 Å². The van der Waals surface area contributed by atoms with Gasteiger partial charge in [-0.1, -0.05) is 6.07 Å². The van der Waals surface area contributed by atoms with E-state index in [1.54, 1.807) is 24.3 Å². The first-order valence-electron chi connectivity index (χ1n) is 7.21. The molecule has 2 aromatic rings. The molecule has 22 heavy (non-hydrogen) atoms. The van der Waals surface area contributed by atoms with E-state index in [1.165, 1.54) is 0 Å². The second-order valence-electron chi connectivity index (χ2n) is 6.36. The van der Waals surface area contributed by atoms with Crippen LogP contribution in [0, 0.1) is 6.92 Å². The maximum atomic E-state index is 12.2. The Morgan fingerprint density at radius 3 is 2.50 bits per heavy atom. The lowest BCUT2D eigenvalue weighted by Gasteiger charge is -2.20. The Hall–Kier alpha value is -2.49. The Bertz CT molecular complexity index is 688. The number of nitrogens with one attached hydrogen (secondary N) is 1. The molecule has 0 atom stereocenters. The minimum atomic E-state index is -0.276. The van der Waals surface area contributed by atoms with E-state index in [4.69, 9.17) is 10.5 Å². The molecule has 0 heterocycles. The molecule has 0 aliphatic carbocycles. The number of anilines is 1. The minimum absolute atomic E-state index is 0.119. The highest BCUT2D eigenvalue weighted by atomic mass is 16.5. The van der Waals surface area contributed by atoms with Crippen LogP contribution in [-0.4, -0.2) is 11.4 Å². The lowest BCUT2D eigenvalue weighted by atomic mass is 10.1. The zero-order valence-corrected chi connectivity index (χ0v) is 13.4. The monoisotopic (exact) mass is 298 g/mol. The summed E-state index contributed by atoms with van der Waals surface area (Å²) in [5.41, 5.74) is 7.67. The fourth-order valence-electron chi connectivity index (χ4n) is 2.03. The largest absolute Gasteiger partial charge is 0.457 e. The summed E-state index contributed by atoms with van der Waals surface area (Å²) >= 11 is 0. The zero-order chi connectivity index (χ0) is 16.3. The molecule has 0 bridgehead atoms. The van der Waals surface area contributed by atoms with Gasteiger partial charge in [-0.05, 0) is 69.7 Å². The fraction of sp³-hybridized carbons (Fsp3) is 0.278. The number of nitrogen functional groups attached to an aromatic ring is 1. The van der Waals surface area contributed by atoms with Crippen molar-refractivity contribution in [2.24, 2.45) is 0 Å². The van der Waals surface area contributed by atoms with Gasteiger partial charge < -0.3 is 15.8 Å². The van der Waals surface area contributed by atoms with Crippen molar-refractivity contribution in [3.05, 3.63) is 53.6 Å². The topological polar surface area (TPSA) is 64.3 Å². The van der Waals surface area contributed by atoms with Gasteiger partial charge in [-0.2, -0.15) is 0 Å². The molecule has 0 saturated carbocycles. The predicted molar refractivity (Wildman–Crippen MR) is 89.3 cm³/mol. The third-order valence-corrected chi connectivity index (χ3v) is 3.01. The molecule has 0 aliphatic rings. The number of aryl methyl sites for hydroxylation is 1. The Labute approximate surface area is 131 Å². The summed E-state index contributed by atoms with van der Waals surface area (Å²) < 4.78 is 5.85. The summed E-state index contributed by atoms with van der Waals surface area (Å²) in [5, 5.41) is 2.93. The maximum absolute atomic E-state index is 12.2. The second kappa shape index (κ2) is 6.10. The summed E-state index contributed by atoms with van der Waals surface area (Å²) in [6.45, 7) is 7.77. The van der Waals surface area contributed by atoms with Crippen molar-refractivity contribution in [3.63, 3.8) is 0 Å². The average molecular weight is 298 g/mol. The molecule has 0 aromatic heterocycles. The molecule has 2 aromatic carbocycles. The smallest absolute Gasteiger partial charge is 0.251 e. The van der Waals surface area contributed by atoms with Crippen molar-refractivity contribution in [1.82, 2.24) is 5.32 Å². The van der Waals surface area contributed by atoms with E-state index >= 15 is 0 Å². The van der Waals surface area contributed by atoms with E-state index in [2.05, 4.69) is 5.32 Å². The van der Waals surface area contributed by atoms with E-state index in [0.29, 0.717) is 17.0 Å². The molecule has 0 radical (unpaired) electrons. The van der Waals surface area contributed by atoms with Crippen LogP contribution in [0.1, 0.15) is 36.7 Å². The molecular formula is C18H22N2O2. The van der Waals surface area contributed by atoms with Crippen molar-refractivity contribution in [2.75, 3.05) is 5.73 Å². The van der Waals surface area contributed by atoms with Gasteiger partial charge in [-0.25, -0.2) is 0 Å². The van der Waals surface area contributed by atoms with Gasteiger partial charge >= 0.3 is 0 Å². The molecule has 2 rings (SSSR count). The van der Waals surface area contributed by atoms with Gasteiger partial charge in [0.25, 0.3) is 5.91 Å². The Balaban J connectivity index is 2.20. The molecule has 3 N–H and O–H groups in total. The quantitative estimate of drug-likeness (QED) is 0.845. The van der Waals surface area contributed by atoms with Crippen molar-refractivity contribution >= 4 is 11.6 Å². The first-order chi connectivity index (χ1) is 10.2. The molecule has 0 fully saturated rings. The molecule has 4 nitrogen and oxygen atoms in total. The summed E-state index contributed by atoms with van der Waals surface area (Å²) in [4.78, 5) is 12.2. The van der Waals surface area contributed by atoms with Crippen LogP contribution in [0.4, 0.5) is 5.69 Å². The summed E-state index contributed by atoms with van der Waals surface area (Å²) in [6, 6.07) is 12.6. The van der Waals surface area contributed by atoms with Crippen molar-refractivity contribution < 1.29 is 9.53 Å². The van der Waals surface area contributed by atoms with Crippen LogP contribution < -0.4 is 15.8 Å². The third kappa shape index (κ3) is 4.25. The SMILES string of the molecule is Cc1cc(N)ccc1Oc1cccc(C(=O)NC(C)(C)C)c1. The van der Waals surface area contributed by atoms with Crippen LogP contribution >= 0.6 is 0 Å². The highest BCUT2D eigenvalue weighted by Gasteiger charge is 2.15. The van der Waals surface area contributed by atoms with Gasteiger partial charge in [0, 0.05) is 16.8 Å². The number of hydrogen-bond donors (Lipinski definition) is 2. The van der Waals surface area contributed by atoms with E-state index in [1.807, 2.05) is 45.9 Å². The zero-order valence-electron chi connectivity index (χ0n) is 13.4. The number of carbonyl (C=O) groups is 1. The number of ether oxygens (including phenoxy) is 1. The van der Waals surface area contributed by atoms with Crippen LogP contribution in [0.2, 0.25) is 0 Å². The Morgan fingerprint density at radius 2 is 1.86 bits per heavy atom. The second-order valence-corrected chi connectivity index (χ2v) is 6.36. The molecule has 0 saturated heterocycles. The molecule has 0 unspecified atom stereocenters. The number of hydrogen-bond acceptors (Lipinski definition) is 3. The fourth-order valence-corrected chi connectivity index (χ4v) is 2.03. The van der Waals surface area contributed by atoms with Crippen LogP contribution in [0.3, 0.4) is 0 Å². The van der Waals surface area contributed by atoms with Gasteiger partial charge in [0.05, 0.1) is 0 Å². The molecule has 116 valence electrons. The number of carbonyl (C=O) groups excluding carboxylic acids is 1. The van der Waals surface area contributed by atoms with Gasteiger partial charge in [0.1, 0.15) is 11.5 Å². The third-order valence-electron chi connectivity index (χ3n) is 3.01. The number of rotatable bonds is 3. The highest BCUT2D eigenvalue weighted by molar-refractivity contribution is 5.95. The van der Waals surface area contributed by atoms with Crippen LogP contribution in [0.5, 0.6) is 11.5 Å².